The van der Waals surface area contributed by atoms with Crippen LogP contribution < -0.4 is 9.47 Å². The average Bonchev–Trinajstić information content (AvgIpc) is 2.99. The zero-order valence-electron chi connectivity index (χ0n) is 22.9. The molecule has 0 aliphatic heterocycles. The second-order valence-electron chi connectivity index (χ2n) is 11.9. The van der Waals surface area contributed by atoms with Crippen LogP contribution in [-0.2, 0) is 5.41 Å². The maximum atomic E-state index is 9.57. The van der Waals surface area contributed by atoms with Crippen LogP contribution in [0.1, 0.15) is 54.4 Å². The van der Waals surface area contributed by atoms with Crippen molar-refractivity contribution >= 4 is 23.2 Å². The molecule has 208 valence electrons. The summed E-state index contributed by atoms with van der Waals surface area (Å²) < 4.78 is 12.2. The Kier molecular flexibility index (Phi) is 6.86. The molecule has 4 aliphatic rings. The number of ether oxygens (including phenoxy) is 2. The predicted molar refractivity (Wildman–Crippen MR) is 163 cm³/mol. The second-order valence-corrected chi connectivity index (χ2v) is 12.7. The Morgan fingerprint density at radius 1 is 0.571 bits per heavy atom. The maximum absolute atomic E-state index is 9.57. The zero-order chi connectivity index (χ0) is 28.8. The van der Waals surface area contributed by atoms with Gasteiger partial charge < -0.3 is 9.47 Å². The van der Waals surface area contributed by atoms with Crippen molar-refractivity contribution in [3.8, 4) is 35.1 Å². The minimum atomic E-state index is -0.0911. The van der Waals surface area contributed by atoms with Crippen LogP contribution in [-0.4, -0.2) is 0 Å². The predicted octanol–water partition coefficient (Wildman–Crippen LogP) is 10.1. The van der Waals surface area contributed by atoms with E-state index in [1.807, 2.05) is 24.3 Å². The number of benzene rings is 4. The van der Waals surface area contributed by atoms with E-state index in [1.54, 1.807) is 36.4 Å². The normalized spacial score (nSPS) is 23.1. The smallest absolute Gasteiger partial charge is 0.146 e. The van der Waals surface area contributed by atoms with Crippen molar-refractivity contribution in [2.24, 2.45) is 23.7 Å². The molecule has 6 heteroatoms. The van der Waals surface area contributed by atoms with Gasteiger partial charge in [0.05, 0.1) is 10.0 Å². The van der Waals surface area contributed by atoms with Gasteiger partial charge in [-0.1, -0.05) is 59.6 Å². The highest BCUT2D eigenvalue weighted by atomic mass is 35.5. The van der Waals surface area contributed by atoms with E-state index in [1.165, 1.54) is 43.2 Å². The SMILES string of the molecule is N#Cc1c(Cl)cccc1Oc1ccc(C2(c3ccc(Oc4cccc(Cl)c4C#N)cc3)C3CC4CC(C3)CC2C4)cc1. The summed E-state index contributed by atoms with van der Waals surface area (Å²) in [6.45, 7) is 0. The van der Waals surface area contributed by atoms with Crippen LogP contribution in [0.3, 0.4) is 0 Å². The lowest BCUT2D eigenvalue weighted by Crippen LogP contribution is -2.56. The van der Waals surface area contributed by atoms with E-state index >= 15 is 0 Å². The monoisotopic (exact) mass is 590 g/mol. The number of halogens is 2. The van der Waals surface area contributed by atoms with Gasteiger partial charge in [-0.15, -0.1) is 0 Å². The molecule has 0 spiro atoms. The number of hydrogen-bond donors (Lipinski definition) is 0. The lowest BCUT2D eigenvalue weighted by atomic mass is 9.42. The molecule has 42 heavy (non-hydrogen) atoms. The van der Waals surface area contributed by atoms with Crippen molar-refractivity contribution in [3.63, 3.8) is 0 Å². The van der Waals surface area contributed by atoms with Crippen molar-refractivity contribution in [2.45, 2.75) is 37.5 Å². The van der Waals surface area contributed by atoms with Gasteiger partial charge in [0.25, 0.3) is 0 Å². The molecule has 0 aromatic heterocycles. The molecule has 4 aromatic rings. The quantitative estimate of drug-likeness (QED) is 0.224. The second kappa shape index (κ2) is 10.7. The van der Waals surface area contributed by atoms with Gasteiger partial charge in [-0.3, -0.25) is 0 Å². The fourth-order valence-electron chi connectivity index (χ4n) is 8.28. The van der Waals surface area contributed by atoms with E-state index in [2.05, 4.69) is 36.4 Å². The number of rotatable bonds is 6. The minimum absolute atomic E-state index is 0.0911. The molecule has 4 nitrogen and oxygen atoms in total. The zero-order valence-corrected chi connectivity index (χ0v) is 24.4. The first-order valence-electron chi connectivity index (χ1n) is 14.4. The highest BCUT2D eigenvalue weighted by Crippen LogP contribution is 2.65. The van der Waals surface area contributed by atoms with Gasteiger partial charge in [0.15, 0.2) is 0 Å². The Labute approximate surface area is 256 Å². The third-order valence-electron chi connectivity index (χ3n) is 9.72. The molecule has 0 N–H and O–H groups in total. The molecule has 4 fully saturated rings. The Hall–Kier alpha value is -3.96. The van der Waals surface area contributed by atoms with E-state index < -0.39 is 0 Å². The summed E-state index contributed by atoms with van der Waals surface area (Å²) in [5.74, 6) is 5.06. The summed E-state index contributed by atoms with van der Waals surface area (Å²) >= 11 is 12.5. The van der Waals surface area contributed by atoms with Crippen LogP contribution in [0, 0.1) is 46.3 Å². The molecular formula is C36H28Cl2N2O2. The molecule has 8 rings (SSSR count). The van der Waals surface area contributed by atoms with E-state index in [9.17, 15) is 10.5 Å². The Balaban J connectivity index is 1.24. The van der Waals surface area contributed by atoms with Crippen LogP contribution in [0.2, 0.25) is 10.0 Å². The van der Waals surface area contributed by atoms with Gasteiger partial charge >= 0.3 is 0 Å². The topological polar surface area (TPSA) is 66.0 Å². The summed E-state index contributed by atoms with van der Waals surface area (Å²) in [5.41, 5.74) is 3.20. The van der Waals surface area contributed by atoms with Crippen molar-refractivity contribution < 1.29 is 9.47 Å². The molecule has 0 heterocycles. The fourth-order valence-corrected chi connectivity index (χ4v) is 8.70. The third-order valence-corrected chi connectivity index (χ3v) is 10.3. The maximum Gasteiger partial charge on any atom is 0.146 e. The van der Waals surface area contributed by atoms with Gasteiger partial charge in [0, 0.05) is 5.41 Å². The molecule has 4 aliphatic carbocycles. The standard InChI is InChI=1S/C36H28Cl2N2O2/c37-32-3-1-5-34(30(32)20-39)41-28-11-7-24(8-12-28)36(26-16-22-15-23(18-26)19-27(36)17-22)25-9-13-29(14-10-25)42-35-6-2-4-33(38)31(35)21-40/h1-14,22-23,26-27H,15-19H2. The first kappa shape index (κ1) is 26.9. The molecule has 0 saturated heterocycles. The van der Waals surface area contributed by atoms with Gasteiger partial charge in [-0.2, -0.15) is 10.5 Å². The number of nitriles is 2. The van der Waals surface area contributed by atoms with Gasteiger partial charge in [0.1, 0.15) is 46.3 Å². The molecule has 0 radical (unpaired) electrons. The number of nitrogens with zero attached hydrogens (tertiary/aromatic N) is 2. The fraction of sp³-hybridized carbons (Fsp3) is 0.278. The Morgan fingerprint density at radius 2 is 0.976 bits per heavy atom. The highest BCUT2D eigenvalue weighted by Gasteiger charge is 2.58. The van der Waals surface area contributed by atoms with E-state index in [-0.39, 0.29) is 5.41 Å². The van der Waals surface area contributed by atoms with Crippen LogP contribution in [0.5, 0.6) is 23.0 Å². The van der Waals surface area contributed by atoms with Gasteiger partial charge in [0.2, 0.25) is 0 Å². The van der Waals surface area contributed by atoms with Gasteiger partial charge in [-0.05, 0) is 115 Å². The van der Waals surface area contributed by atoms with Crippen LogP contribution in [0.4, 0.5) is 0 Å². The van der Waals surface area contributed by atoms with Crippen LogP contribution in [0.25, 0.3) is 0 Å². The van der Waals surface area contributed by atoms with E-state index in [0.717, 1.165) is 11.8 Å². The van der Waals surface area contributed by atoms with E-state index in [4.69, 9.17) is 32.7 Å². The van der Waals surface area contributed by atoms with Crippen LogP contribution >= 0.6 is 23.2 Å². The highest BCUT2D eigenvalue weighted by molar-refractivity contribution is 6.32. The van der Waals surface area contributed by atoms with Crippen molar-refractivity contribution in [1.29, 1.82) is 10.5 Å². The lowest BCUT2D eigenvalue weighted by molar-refractivity contribution is -0.0418. The number of hydrogen-bond acceptors (Lipinski definition) is 4. The first-order valence-corrected chi connectivity index (χ1v) is 15.2. The van der Waals surface area contributed by atoms with Crippen molar-refractivity contribution in [1.82, 2.24) is 0 Å². The summed E-state index contributed by atoms with van der Waals surface area (Å²) in [6, 6.07) is 31.7. The molecule has 4 aromatic carbocycles. The lowest BCUT2D eigenvalue weighted by Gasteiger charge is -2.62. The van der Waals surface area contributed by atoms with Crippen molar-refractivity contribution in [3.05, 3.63) is 117 Å². The Bertz CT molecular complexity index is 1600. The minimum Gasteiger partial charge on any atom is -0.456 e. The molecule has 4 saturated carbocycles. The van der Waals surface area contributed by atoms with Crippen LogP contribution in [0.15, 0.2) is 84.9 Å². The molecule has 0 amide bonds. The van der Waals surface area contributed by atoms with Gasteiger partial charge in [-0.25, -0.2) is 0 Å². The Morgan fingerprint density at radius 3 is 1.36 bits per heavy atom. The van der Waals surface area contributed by atoms with Crippen molar-refractivity contribution in [2.75, 3.05) is 0 Å². The molecular weight excluding hydrogens is 563 g/mol. The first-order chi connectivity index (χ1) is 20.5. The average molecular weight is 592 g/mol. The molecule has 0 atom stereocenters. The summed E-state index contributed by atoms with van der Waals surface area (Å²) in [5, 5.41) is 19.9. The molecule has 0 unspecified atom stereocenters. The summed E-state index contributed by atoms with van der Waals surface area (Å²) in [7, 11) is 0. The molecule has 4 bridgehead atoms. The summed E-state index contributed by atoms with van der Waals surface area (Å²) in [4.78, 5) is 0. The largest absolute Gasteiger partial charge is 0.456 e. The summed E-state index contributed by atoms with van der Waals surface area (Å²) in [6.07, 6.45) is 6.40. The van der Waals surface area contributed by atoms with E-state index in [0.29, 0.717) is 56.0 Å². The third kappa shape index (κ3) is 4.42.